The third-order valence-electron chi connectivity index (χ3n) is 5.30. The third kappa shape index (κ3) is 4.37. The summed E-state index contributed by atoms with van der Waals surface area (Å²) in [6.07, 6.45) is -0.102. The number of amides is 2. The van der Waals surface area contributed by atoms with E-state index in [2.05, 4.69) is 20.9 Å². The normalized spacial score (nSPS) is 11.1. The van der Waals surface area contributed by atoms with Crippen LogP contribution in [0.4, 0.5) is 0 Å². The molecular weight excluding hydrogens is 456 g/mol. The minimum atomic E-state index is -0.667. The van der Waals surface area contributed by atoms with Gasteiger partial charge in [-0.15, -0.1) is 0 Å². The van der Waals surface area contributed by atoms with Crippen LogP contribution in [0.15, 0.2) is 58.1 Å². The van der Waals surface area contributed by atoms with Gasteiger partial charge in [0.05, 0.1) is 22.3 Å². The van der Waals surface area contributed by atoms with Crippen molar-refractivity contribution in [3.8, 4) is 0 Å². The maximum Gasteiger partial charge on any atom is 0.290 e. The largest absolute Gasteiger partial charge is 0.332 e. The van der Waals surface area contributed by atoms with E-state index in [9.17, 15) is 19.2 Å². The quantitative estimate of drug-likeness (QED) is 0.298. The first-order valence-corrected chi connectivity index (χ1v) is 11.0. The topological polar surface area (TPSA) is 131 Å². The van der Waals surface area contributed by atoms with Crippen molar-refractivity contribution in [2.75, 3.05) is 0 Å². The van der Waals surface area contributed by atoms with Gasteiger partial charge in [-0.1, -0.05) is 30.3 Å². The van der Waals surface area contributed by atoms with Gasteiger partial charge in [0.25, 0.3) is 17.0 Å². The van der Waals surface area contributed by atoms with Crippen molar-refractivity contribution in [3.63, 3.8) is 0 Å². The lowest BCUT2D eigenvalue weighted by Crippen LogP contribution is -2.43. The number of fused-ring (bicyclic) bond motifs is 2. The zero-order valence-electron chi connectivity index (χ0n) is 18.5. The zero-order chi connectivity index (χ0) is 24.4. The molecule has 2 heterocycles. The fourth-order valence-electron chi connectivity index (χ4n) is 3.59. The van der Waals surface area contributed by atoms with E-state index >= 15 is 0 Å². The number of hydrogen-bond acceptors (Lipinski definition) is 6. The van der Waals surface area contributed by atoms with Crippen molar-refractivity contribution in [1.29, 1.82) is 0 Å². The van der Waals surface area contributed by atoms with Gasteiger partial charge in [-0.25, -0.2) is 4.68 Å². The Hall–Kier alpha value is -4.12. The molecule has 0 aliphatic heterocycles. The molecular formula is C23H22N6O4S. The molecule has 11 heteroatoms. The van der Waals surface area contributed by atoms with E-state index in [1.165, 1.54) is 9.25 Å². The van der Waals surface area contributed by atoms with Crippen molar-refractivity contribution in [2.24, 2.45) is 0 Å². The van der Waals surface area contributed by atoms with E-state index in [0.717, 1.165) is 0 Å². The summed E-state index contributed by atoms with van der Waals surface area (Å²) in [5.41, 5.74) is 4.69. The fourth-order valence-corrected chi connectivity index (χ4v) is 3.87. The molecule has 2 aromatic carbocycles. The molecule has 4 rings (SSSR count). The van der Waals surface area contributed by atoms with Crippen LogP contribution in [-0.4, -0.2) is 31.1 Å². The number of carbonyl (C=O) groups is 2. The van der Waals surface area contributed by atoms with Crippen molar-refractivity contribution in [3.05, 3.63) is 79.7 Å². The number of nitrogens with one attached hydrogen (secondary N) is 3. The second-order valence-electron chi connectivity index (χ2n) is 7.92. The minimum Gasteiger partial charge on any atom is -0.332 e. The number of hydrogen-bond donors (Lipinski definition) is 3. The summed E-state index contributed by atoms with van der Waals surface area (Å²) < 4.78 is 2.73. The summed E-state index contributed by atoms with van der Waals surface area (Å²) >= 11 is 5.25. The fraction of sp³-hybridized carbons (Fsp3) is 0.217. The lowest BCUT2D eigenvalue weighted by molar-refractivity contribution is -0.122. The predicted octanol–water partition coefficient (Wildman–Crippen LogP) is 2.20. The summed E-state index contributed by atoms with van der Waals surface area (Å²) in [6.45, 7) is 3.60. The molecule has 0 spiro atoms. The minimum absolute atomic E-state index is 0.0115. The highest BCUT2D eigenvalue weighted by molar-refractivity contribution is 7.71. The van der Waals surface area contributed by atoms with Crippen LogP contribution in [0.2, 0.25) is 0 Å². The Morgan fingerprint density at radius 3 is 2.32 bits per heavy atom. The molecule has 0 aliphatic rings. The van der Waals surface area contributed by atoms with Gasteiger partial charge >= 0.3 is 0 Å². The summed E-state index contributed by atoms with van der Waals surface area (Å²) in [7, 11) is 0. The van der Waals surface area contributed by atoms with Gasteiger partial charge in [0, 0.05) is 18.4 Å². The monoisotopic (exact) mass is 478 g/mol. The number of para-hydroxylation sites is 1. The Morgan fingerprint density at radius 1 is 0.971 bits per heavy atom. The van der Waals surface area contributed by atoms with Crippen molar-refractivity contribution in [2.45, 2.75) is 32.9 Å². The first-order chi connectivity index (χ1) is 16.3. The SMILES string of the molecule is CC(C)n1nc(C(=O)NNC(=O)CCn2c(=S)[nH]c3ccccc3c2=O)c2ccccc2c1=O. The zero-order valence-corrected chi connectivity index (χ0v) is 19.3. The number of aromatic amines is 1. The Bertz CT molecular complexity index is 1600. The molecule has 4 aromatic rings. The Balaban J connectivity index is 1.49. The van der Waals surface area contributed by atoms with E-state index in [0.29, 0.717) is 21.7 Å². The highest BCUT2D eigenvalue weighted by Crippen LogP contribution is 2.14. The average molecular weight is 479 g/mol. The standard InChI is InChI=1S/C23H22N6O4S/c1-13(2)29-22(33)15-8-4-3-7-14(15)19(27-29)20(31)26-25-18(30)11-12-28-21(32)16-9-5-6-10-17(16)24-23(28)34/h3-10,13H,11-12H2,1-2H3,(H,24,34)(H,25,30)(H,26,31). The lowest BCUT2D eigenvalue weighted by Gasteiger charge is -2.14. The van der Waals surface area contributed by atoms with Gasteiger partial charge in [-0.3, -0.25) is 34.6 Å². The number of benzene rings is 2. The molecule has 0 unspecified atom stereocenters. The van der Waals surface area contributed by atoms with Crippen LogP contribution in [0.5, 0.6) is 0 Å². The van der Waals surface area contributed by atoms with E-state index < -0.39 is 11.8 Å². The van der Waals surface area contributed by atoms with Crippen molar-refractivity contribution >= 4 is 45.7 Å². The van der Waals surface area contributed by atoms with Gasteiger partial charge in [0.2, 0.25) is 5.91 Å². The molecule has 0 fully saturated rings. The maximum absolute atomic E-state index is 12.8. The van der Waals surface area contributed by atoms with E-state index in [-0.39, 0.29) is 40.6 Å². The van der Waals surface area contributed by atoms with Crippen LogP contribution in [0.3, 0.4) is 0 Å². The van der Waals surface area contributed by atoms with Crippen LogP contribution in [-0.2, 0) is 11.3 Å². The molecule has 0 saturated carbocycles. The highest BCUT2D eigenvalue weighted by Gasteiger charge is 2.18. The Morgan fingerprint density at radius 2 is 1.62 bits per heavy atom. The molecule has 0 atom stereocenters. The highest BCUT2D eigenvalue weighted by atomic mass is 32.1. The number of nitrogens with zero attached hydrogens (tertiary/aromatic N) is 3. The number of rotatable bonds is 5. The smallest absolute Gasteiger partial charge is 0.290 e. The lowest BCUT2D eigenvalue weighted by atomic mass is 10.1. The molecule has 3 N–H and O–H groups in total. The van der Waals surface area contributed by atoms with Gasteiger partial charge in [0.1, 0.15) is 0 Å². The van der Waals surface area contributed by atoms with Crippen molar-refractivity contribution in [1.82, 2.24) is 30.2 Å². The molecule has 2 aromatic heterocycles. The molecule has 0 bridgehead atoms. The van der Waals surface area contributed by atoms with E-state index in [1.54, 1.807) is 62.4 Å². The summed E-state index contributed by atoms with van der Waals surface area (Å²) in [4.78, 5) is 53.5. The number of aromatic nitrogens is 4. The van der Waals surface area contributed by atoms with Crippen molar-refractivity contribution < 1.29 is 9.59 Å². The number of H-pyrrole nitrogens is 1. The van der Waals surface area contributed by atoms with Gasteiger partial charge in [-0.2, -0.15) is 5.10 Å². The summed E-state index contributed by atoms with van der Waals surface area (Å²) in [5, 5.41) is 5.40. The second-order valence-corrected chi connectivity index (χ2v) is 8.31. The maximum atomic E-state index is 12.8. The van der Waals surface area contributed by atoms with E-state index in [1.807, 2.05) is 0 Å². The Kier molecular flexibility index (Phi) is 6.37. The average Bonchev–Trinajstić information content (AvgIpc) is 2.82. The predicted molar refractivity (Wildman–Crippen MR) is 130 cm³/mol. The molecule has 10 nitrogen and oxygen atoms in total. The first kappa shape index (κ1) is 23.1. The molecule has 174 valence electrons. The number of hydrazine groups is 1. The van der Waals surface area contributed by atoms with Crippen LogP contribution in [0, 0.1) is 4.77 Å². The van der Waals surface area contributed by atoms with Crippen LogP contribution >= 0.6 is 12.2 Å². The van der Waals surface area contributed by atoms with Gasteiger partial charge < -0.3 is 4.98 Å². The molecule has 0 radical (unpaired) electrons. The van der Waals surface area contributed by atoms with Crippen LogP contribution in [0.1, 0.15) is 36.8 Å². The molecule has 2 amide bonds. The third-order valence-corrected chi connectivity index (χ3v) is 5.62. The molecule has 0 aliphatic carbocycles. The van der Waals surface area contributed by atoms with Gasteiger partial charge in [-0.05, 0) is 44.3 Å². The first-order valence-electron chi connectivity index (χ1n) is 10.6. The summed E-state index contributed by atoms with van der Waals surface area (Å²) in [5.74, 6) is -1.19. The van der Waals surface area contributed by atoms with Gasteiger partial charge in [0.15, 0.2) is 10.5 Å². The van der Waals surface area contributed by atoms with E-state index in [4.69, 9.17) is 12.2 Å². The second kappa shape index (κ2) is 9.40. The Labute approximate surface area is 198 Å². The molecule has 34 heavy (non-hydrogen) atoms. The summed E-state index contributed by atoms with van der Waals surface area (Å²) in [6, 6.07) is 13.3. The van der Waals surface area contributed by atoms with Crippen LogP contribution in [0.25, 0.3) is 21.7 Å². The van der Waals surface area contributed by atoms with Crippen LogP contribution < -0.4 is 22.0 Å². The molecule has 0 saturated heterocycles. The number of carbonyl (C=O) groups excluding carboxylic acids is 2.